The van der Waals surface area contributed by atoms with Gasteiger partial charge in [-0.3, -0.25) is 9.30 Å². The summed E-state index contributed by atoms with van der Waals surface area (Å²) in [5.74, 6) is 0.0745. The van der Waals surface area contributed by atoms with Gasteiger partial charge in [0, 0.05) is 24.3 Å². The number of phenols is 1. The van der Waals surface area contributed by atoms with Crippen LogP contribution in [0.4, 0.5) is 19.1 Å². The Hall–Kier alpha value is -2.85. The van der Waals surface area contributed by atoms with Crippen molar-refractivity contribution in [2.45, 2.75) is 31.1 Å². The summed E-state index contributed by atoms with van der Waals surface area (Å²) in [7, 11) is 0. The minimum atomic E-state index is -4.53. The van der Waals surface area contributed by atoms with E-state index in [1.807, 2.05) is 16.7 Å². The van der Waals surface area contributed by atoms with Crippen LogP contribution in [-0.2, 0) is 10.9 Å². The zero-order valence-corrected chi connectivity index (χ0v) is 16.6. The topological polar surface area (TPSA) is 74.9 Å². The molecular formula is C21H22F3N5O2. The average molecular weight is 433 g/mol. The Morgan fingerprint density at radius 3 is 2.71 bits per heavy atom. The van der Waals surface area contributed by atoms with E-state index in [-0.39, 0.29) is 11.6 Å². The molecule has 2 N–H and O–H groups in total. The van der Waals surface area contributed by atoms with Gasteiger partial charge >= 0.3 is 6.18 Å². The molecule has 2 aliphatic rings. The molecule has 1 atom stereocenters. The van der Waals surface area contributed by atoms with Gasteiger partial charge in [0.25, 0.3) is 0 Å². The molecule has 2 aliphatic heterocycles. The van der Waals surface area contributed by atoms with Crippen molar-refractivity contribution < 1.29 is 23.0 Å². The van der Waals surface area contributed by atoms with E-state index in [1.165, 1.54) is 6.07 Å². The lowest BCUT2D eigenvalue weighted by Crippen LogP contribution is -2.54. The zero-order chi connectivity index (χ0) is 21.6. The lowest BCUT2D eigenvalue weighted by Gasteiger charge is -2.42. The summed E-state index contributed by atoms with van der Waals surface area (Å²) in [5.41, 5.74) is 0.251. The number of nitrogens with one attached hydrogen (secondary N) is 1. The molecule has 3 aromatic rings. The Balaban J connectivity index is 1.42. The van der Waals surface area contributed by atoms with Gasteiger partial charge in [0.1, 0.15) is 11.4 Å². The molecule has 0 amide bonds. The molecule has 0 aliphatic carbocycles. The maximum Gasteiger partial charge on any atom is 0.416 e. The minimum Gasteiger partial charge on any atom is -0.507 e. The van der Waals surface area contributed by atoms with Crippen LogP contribution in [0.15, 0.2) is 36.5 Å². The highest BCUT2D eigenvalue weighted by atomic mass is 19.4. The minimum absolute atomic E-state index is 0.199. The van der Waals surface area contributed by atoms with Crippen LogP contribution in [0.25, 0.3) is 16.8 Å². The van der Waals surface area contributed by atoms with E-state index in [1.54, 1.807) is 6.07 Å². The summed E-state index contributed by atoms with van der Waals surface area (Å²) >= 11 is 0. The number of likely N-dealkylation sites (tertiary alicyclic amines) is 1. The largest absolute Gasteiger partial charge is 0.507 e. The van der Waals surface area contributed by atoms with Crippen molar-refractivity contribution in [1.29, 1.82) is 0 Å². The first kappa shape index (κ1) is 20.1. The number of aromatic nitrogens is 3. The summed E-state index contributed by atoms with van der Waals surface area (Å²) in [5, 5.41) is 22.2. The van der Waals surface area contributed by atoms with Crippen molar-refractivity contribution in [3.63, 3.8) is 0 Å². The monoisotopic (exact) mass is 433 g/mol. The van der Waals surface area contributed by atoms with Crippen LogP contribution >= 0.6 is 0 Å². The summed E-state index contributed by atoms with van der Waals surface area (Å²) in [4.78, 5) is 2.43. The summed E-state index contributed by atoms with van der Waals surface area (Å²) in [6.07, 6.45) is -0.624. The van der Waals surface area contributed by atoms with Crippen LogP contribution in [0.1, 0.15) is 18.4 Å². The van der Waals surface area contributed by atoms with Gasteiger partial charge in [0.15, 0.2) is 0 Å². The molecule has 2 aromatic heterocycles. The van der Waals surface area contributed by atoms with Crippen molar-refractivity contribution in [1.82, 2.24) is 19.5 Å². The molecule has 0 bridgehead atoms. The molecule has 0 radical (unpaired) electrons. The summed E-state index contributed by atoms with van der Waals surface area (Å²) in [6, 6.07) is 7.17. The fourth-order valence-corrected chi connectivity index (χ4v) is 4.23. The van der Waals surface area contributed by atoms with Gasteiger partial charge < -0.3 is 15.2 Å². The molecule has 164 valence electrons. The number of piperidine rings is 1. The van der Waals surface area contributed by atoms with E-state index >= 15 is 0 Å². The Kier molecular flexibility index (Phi) is 4.98. The van der Waals surface area contributed by atoms with Crippen LogP contribution in [0, 0.1) is 0 Å². The van der Waals surface area contributed by atoms with Crippen molar-refractivity contribution in [3.05, 3.63) is 42.1 Å². The smallest absolute Gasteiger partial charge is 0.416 e. The van der Waals surface area contributed by atoms with Gasteiger partial charge in [-0.2, -0.15) is 13.2 Å². The fraction of sp³-hybridized carbons (Fsp3) is 0.429. The number of anilines is 1. The SMILES string of the molecule is Oc1cc(C(F)(F)F)ccc1-c1nnc(N[C@@H]2CCCN(C3COC3)C2)n2cccc12. The number of rotatable bonds is 4. The van der Waals surface area contributed by atoms with Gasteiger partial charge in [-0.05, 0) is 49.7 Å². The third-order valence-electron chi connectivity index (χ3n) is 5.97. The Morgan fingerprint density at radius 1 is 1.16 bits per heavy atom. The number of hydrogen-bond acceptors (Lipinski definition) is 6. The van der Waals surface area contributed by atoms with E-state index in [0.717, 1.165) is 45.2 Å². The fourth-order valence-electron chi connectivity index (χ4n) is 4.23. The highest BCUT2D eigenvalue weighted by Gasteiger charge is 2.32. The molecule has 0 saturated carbocycles. The van der Waals surface area contributed by atoms with Gasteiger partial charge in [0.05, 0.1) is 30.3 Å². The predicted molar refractivity (Wildman–Crippen MR) is 108 cm³/mol. The van der Waals surface area contributed by atoms with E-state index in [2.05, 4.69) is 20.4 Å². The predicted octanol–water partition coefficient (Wildman–Crippen LogP) is 3.40. The second-order valence-corrected chi connectivity index (χ2v) is 8.04. The number of hydrogen-bond donors (Lipinski definition) is 2. The Morgan fingerprint density at radius 2 is 2.00 bits per heavy atom. The number of fused-ring (bicyclic) bond motifs is 1. The quantitative estimate of drug-likeness (QED) is 0.657. The summed E-state index contributed by atoms with van der Waals surface area (Å²) < 4.78 is 45.9. The molecule has 1 aromatic carbocycles. The number of aromatic hydroxyl groups is 1. The zero-order valence-electron chi connectivity index (χ0n) is 16.6. The molecule has 10 heteroatoms. The van der Waals surface area contributed by atoms with Crippen LogP contribution in [-0.4, -0.2) is 63.0 Å². The average Bonchev–Trinajstić information content (AvgIpc) is 3.17. The molecule has 0 spiro atoms. The van der Waals surface area contributed by atoms with E-state index in [4.69, 9.17) is 4.74 Å². The standard InChI is InChI=1S/C21H22F3N5O2/c22-21(23,24)13-5-6-16(18(30)9-13)19-17-4-2-8-29(17)20(27-26-19)25-14-3-1-7-28(10-14)15-11-31-12-15/h2,4-6,8-9,14-15,30H,1,3,7,10-12H2,(H,25,27)/t14-/m1/s1. The molecular weight excluding hydrogens is 411 g/mol. The van der Waals surface area contributed by atoms with Crippen LogP contribution < -0.4 is 5.32 Å². The van der Waals surface area contributed by atoms with Gasteiger partial charge in [0.2, 0.25) is 5.95 Å². The molecule has 2 fully saturated rings. The number of nitrogens with zero attached hydrogens (tertiary/aromatic N) is 4. The summed E-state index contributed by atoms with van der Waals surface area (Å²) in [6.45, 7) is 3.50. The molecule has 2 saturated heterocycles. The maximum absolute atomic E-state index is 12.9. The third-order valence-corrected chi connectivity index (χ3v) is 5.97. The number of halogens is 3. The maximum atomic E-state index is 12.9. The van der Waals surface area contributed by atoms with Gasteiger partial charge in [-0.15, -0.1) is 10.2 Å². The molecule has 31 heavy (non-hydrogen) atoms. The first-order valence-corrected chi connectivity index (χ1v) is 10.2. The Labute approximate surface area is 176 Å². The lowest BCUT2D eigenvalue weighted by molar-refractivity contribution is -0.137. The molecule has 4 heterocycles. The third kappa shape index (κ3) is 3.81. The first-order chi connectivity index (χ1) is 14.9. The Bertz CT molecular complexity index is 1100. The van der Waals surface area contributed by atoms with E-state index < -0.39 is 17.5 Å². The van der Waals surface area contributed by atoms with E-state index in [9.17, 15) is 18.3 Å². The first-order valence-electron chi connectivity index (χ1n) is 10.2. The molecule has 0 unspecified atom stereocenters. The molecule has 7 nitrogen and oxygen atoms in total. The van der Waals surface area contributed by atoms with Crippen LogP contribution in [0.2, 0.25) is 0 Å². The van der Waals surface area contributed by atoms with Gasteiger partial charge in [-0.1, -0.05) is 0 Å². The highest BCUT2D eigenvalue weighted by molar-refractivity contribution is 5.81. The second kappa shape index (κ2) is 7.69. The normalized spacial score (nSPS) is 20.7. The van der Waals surface area contributed by atoms with Gasteiger partial charge in [-0.25, -0.2) is 0 Å². The number of alkyl halides is 3. The number of ether oxygens (including phenoxy) is 1. The van der Waals surface area contributed by atoms with Crippen LogP contribution in [0.3, 0.4) is 0 Å². The van der Waals surface area contributed by atoms with Crippen molar-refractivity contribution >= 4 is 11.5 Å². The lowest BCUT2D eigenvalue weighted by atomic mass is 10.0. The number of phenolic OH excluding ortho intramolecular Hbond substituents is 1. The van der Waals surface area contributed by atoms with E-state index in [0.29, 0.717) is 29.3 Å². The highest BCUT2D eigenvalue weighted by Crippen LogP contribution is 2.37. The van der Waals surface area contributed by atoms with Crippen molar-refractivity contribution in [2.24, 2.45) is 0 Å². The second-order valence-electron chi connectivity index (χ2n) is 8.04. The molecule has 5 rings (SSSR count). The van der Waals surface area contributed by atoms with Crippen molar-refractivity contribution in [2.75, 3.05) is 31.6 Å². The number of benzene rings is 1. The van der Waals surface area contributed by atoms with Crippen LogP contribution in [0.5, 0.6) is 5.75 Å². The van der Waals surface area contributed by atoms with Crippen molar-refractivity contribution in [3.8, 4) is 17.0 Å².